The fourth-order valence-corrected chi connectivity index (χ4v) is 4.33. The molecule has 164 valence electrons. The van der Waals surface area contributed by atoms with E-state index in [4.69, 9.17) is 21.1 Å². The van der Waals surface area contributed by atoms with Gasteiger partial charge in [-0.2, -0.15) is 0 Å². The number of sulfone groups is 1. The first kappa shape index (κ1) is 21.8. The minimum Gasteiger partial charge on any atom is -0.492 e. The summed E-state index contributed by atoms with van der Waals surface area (Å²) in [6.45, 7) is 4.82. The first-order chi connectivity index (χ1) is 14.9. The minimum absolute atomic E-state index is 0.273. The van der Waals surface area contributed by atoms with Gasteiger partial charge in [0, 0.05) is 49.5 Å². The lowest BCUT2D eigenvalue weighted by Crippen LogP contribution is -2.38. The number of morpholine rings is 1. The summed E-state index contributed by atoms with van der Waals surface area (Å²) in [6.07, 6.45) is 4.69. The zero-order valence-corrected chi connectivity index (χ0v) is 18.8. The molecule has 0 aliphatic carbocycles. The second kappa shape index (κ2) is 9.40. The van der Waals surface area contributed by atoms with Gasteiger partial charge in [0.25, 0.3) is 0 Å². The van der Waals surface area contributed by atoms with Crippen LogP contribution in [0.2, 0.25) is 5.02 Å². The molecule has 0 unspecified atom stereocenters. The predicted molar refractivity (Wildman–Crippen MR) is 120 cm³/mol. The van der Waals surface area contributed by atoms with Crippen LogP contribution in [-0.2, 0) is 14.6 Å². The topological polar surface area (TPSA) is 73.7 Å². The highest BCUT2D eigenvalue weighted by Gasteiger charge is 2.14. The third kappa shape index (κ3) is 5.27. The Morgan fingerprint density at radius 2 is 1.87 bits per heavy atom. The fraction of sp³-hybridized carbons (Fsp3) is 0.318. The zero-order valence-electron chi connectivity index (χ0n) is 17.2. The van der Waals surface area contributed by atoms with Crippen LogP contribution in [0.25, 0.3) is 17.1 Å². The Labute approximate surface area is 187 Å². The van der Waals surface area contributed by atoms with E-state index in [9.17, 15) is 8.42 Å². The molecule has 1 fully saturated rings. The lowest BCUT2D eigenvalue weighted by Gasteiger charge is -2.26. The smallest absolute Gasteiger partial charge is 0.175 e. The monoisotopic (exact) mass is 461 g/mol. The SMILES string of the molecule is CS(=O)(=O)c1ccc(-n2ccnc2-c2ccc(OCCN3CCOCC3)cc2Cl)cc1. The number of benzene rings is 2. The molecule has 0 bridgehead atoms. The van der Waals surface area contributed by atoms with Crippen molar-refractivity contribution in [2.75, 3.05) is 45.7 Å². The van der Waals surface area contributed by atoms with E-state index in [0.29, 0.717) is 23.2 Å². The summed E-state index contributed by atoms with van der Waals surface area (Å²) in [6, 6.07) is 12.2. The quantitative estimate of drug-likeness (QED) is 0.537. The van der Waals surface area contributed by atoms with Gasteiger partial charge < -0.3 is 9.47 Å². The predicted octanol–water partition coefficient (Wildman–Crippen LogP) is 3.31. The van der Waals surface area contributed by atoms with Crippen molar-refractivity contribution >= 4 is 21.4 Å². The van der Waals surface area contributed by atoms with Gasteiger partial charge in [-0.3, -0.25) is 9.47 Å². The molecular weight excluding hydrogens is 438 g/mol. The molecule has 3 aromatic rings. The molecule has 1 aromatic heterocycles. The standard InChI is InChI=1S/C22H24ClN3O4S/c1-31(27,28)19-5-2-17(3-6-19)26-9-8-24-22(26)20-7-4-18(16-21(20)23)30-15-12-25-10-13-29-14-11-25/h2-9,16H,10-15H2,1H3. The second-order valence-corrected chi connectivity index (χ2v) is 9.75. The van der Waals surface area contributed by atoms with Gasteiger partial charge in [-0.15, -0.1) is 0 Å². The van der Waals surface area contributed by atoms with Crippen LogP contribution in [0.1, 0.15) is 0 Å². The highest BCUT2D eigenvalue weighted by atomic mass is 35.5. The summed E-state index contributed by atoms with van der Waals surface area (Å²) in [7, 11) is -3.25. The number of hydrogen-bond donors (Lipinski definition) is 0. The van der Waals surface area contributed by atoms with Crippen molar-refractivity contribution in [1.29, 1.82) is 0 Å². The summed E-state index contributed by atoms with van der Waals surface area (Å²) < 4.78 is 36.5. The molecule has 0 N–H and O–H groups in total. The molecule has 0 saturated carbocycles. The third-order valence-corrected chi connectivity index (χ3v) is 6.59. The molecule has 1 aliphatic rings. The first-order valence-electron chi connectivity index (χ1n) is 9.98. The molecule has 0 atom stereocenters. The number of ether oxygens (including phenoxy) is 2. The fourth-order valence-electron chi connectivity index (χ4n) is 3.45. The molecule has 2 heterocycles. The lowest BCUT2D eigenvalue weighted by molar-refractivity contribution is 0.0322. The average Bonchev–Trinajstić information content (AvgIpc) is 3.24. The van der Waals surface area contributed by atoms with Gasteiger partial charge in [-0.25, -0.2) is 13.4 Å². The number of imidazole rings is 1. The molecule has 1 aliphatic heterocycles. The van der Waals surface area contributed by atoms with E-state index < -0.39 is 9.84 Å². The molecule has 1 saturated heterocycles. The van der Waals surface area contributed by atoms with Gasteiger partial charge >= 0.3 is 0 Å². The van der Waals surface area contributed by atoms with Gasteiger partial charge in [0.1, 0.15) is 18.2 Å². The number of aromatic nitrogens is 2. The molecule has 0 amide bonds. The Hall–Kier alpha value is -2.39. The molecule has 4 rings (SSSR count). The van der Waals surface area contributed by atoms with E-state index >= 15 is 0 Å². The van der Waals surface area contributed by atoms with Gasteiger partial charge in [0.2, 0.25) is 0 Å². The number of hydrogen-bond acceptors (Lipinski definition) is 6. The molecule has 0 spiro atoms. The number of halogens is 1. The Bertz CT molecular complexity index is 1140. The van der Waals surface area contributed by atoms with Crippen LogP contribution in [0.4, 0.5) is 0 Å². The molecule has 2 aromatic carbocycles. The molecular formula is C22H24ClN3O4S. The Morgan fingerprint density at radius 1 is 1.13 bits per heavy atom. The Kier molecular flexibility index (Phi) is 6.62. The van der Waals surface area contributed by atoms with E-state index in [1.54, 1.807) is 36.5 Å². The van der Waals surface area contributed by atoms with Crippen molar-refractivity contribution in [3.05, 3.63) is 59.9 Å². The van der Waals surface area contributed by atoms with Gasteiger partial charge in [-0.1, -0.05) is 11.6 Å². The Morgan fingerprint density at radius 3 is 2.55 bits per heavy atom. The summed E-state index contributed by atoms with van der Waals surface area (Å²) in [5, 5.41) is 0.532. The van der Waals surface area contributed by atoms with Crippen molar-refractivity contribution in [2.45, 2.75) is 4.90 Å². The average molecular weight is 462 g/mol. The number of nitrogens with zero attached hydrogens (tertiary/aromatic N) is 3. The maximum atomic E-state index is 11.7. The van der Waals surface area contributed by atoms with Gasteiger partial charge in [0.15, 0.2) is 9.84 Å². The van der Waals surface area contributed by atoms with Crippen molar-refractivity contribution in [2.24, 2.45) is 0 Å². The van der Waals surface area contributed by atoms with Crippen LogP contribution in [0.3, 0.4) is 0 Å². The normalized spacial score (nSPS) is 15.2. The van der Waals surface area contributed by atoms with E-state index in [1.807, 2.05) is 22.9 Å². The van der Waals surface area contributed by atoms with E-state index in [0.717, 1.165) is 44.1 Å². The van der Waals surface area contributed by atoms with E-state index in [2.05, 4.69) is 9.88 Å². The lowest BCUT2D eigenvalue weighted by atomic mass is 10.2. The van der Waals surface area contributed by atoms with Crippen LogP contribution in [0, 0.1) is 0 Å². The highest BCUT2D eigenvalue weighted by molar-refractivity contribution is 7.90. The largest absolute Gasteiger partial charge is 0.492 e. The van der Waals surface area contributed by atoms with E-state index in [1.165, 1.54) is 6.26 Å². The van der Waals surface area contributed by atoms with Crippen LogP contribution < -0.4 is 4.74 Å². The maximum absolute atomic E-state index is 11.7. The molecule has 9 heteroatoms. The van der Waals surface area contributed by atoms with Crippen molar-refractivity contribution in [3.8, 4) is 22.8 Å². The zero-order chi connectivity index (χ0) is 21.8. The van der Waals surface area contributed by atoms with E-state index in [-0.39, 0.29) is 4.90 Å². The van der Waals surface area contributed by atoms with Crippen molar-refractivity contribution < 1.29 is 17.9 Å². The summed E-state index contributed by atoms with van der Waals surface area (Å²) in [4.78, 5) is 7.03. The second-order valence-electron chi connectivity index (χ2n) is 7.33. The van der Waals surface area contributed by atoms with Crippen LogP contribution in [0.15, 0.2) is 59.8 Å². The maximum Gasteiger partial charge on any atom is 0.175 e. The first-order valence-corrected chi connectivity index (χ1v) is 12.3. The number of rotatable bonds is 7. The molecule has 31 heavy (non-hydrogen) atoms. The van der Waals surface area contributed by atoms with Crippen molar-refractivity contribution in [1.82, 2.24) is 14.5 Å². The highest BCUT2D eigenvalue weighted by Crippen LogP contribution is 2.31. The third-order valence-electron chi connectivity index (χ3n) is 5.15. The van der Waals surface area contributed by atoms with Crippen LogP contribution in [0.5, 0.6) is 5.75 Å². The molecule has 7 nitrogen and oxygen atoms in total. The Balaban J connectivity index is 1.48. The summed E-state index contributed by atoms with van der Waals surface area (Å²) >= 11 is 6.55. The van der Waals surface area contributed by atoms with Crippen molar-refractivity contribution in [3.63, 3.8) is 0 Å². The van der Waals surface area contributed by atoms with Gasteiger partial charge in [-0.05, 0) is 42.5 Å². The summed E-state index contributed by atoms with van der Waals surface area (Å²) in [5.74, 6) is 1.37. The van der Waals surface area contributed by atoms with Gasteiger partial charge in [0.05, 0.1) is 23.1 Å². The van der Waals surface area contributed by atoms with Crippen LogP contribution >= 0.6 is 11.6 Å². The molecule has 0 radical (unpaired) electrons. The van der Waals surface area contributed by atoms with Crippen LogP contribution in [-0.4, -0.2) is 68.6 Å². The minimum atomic E-state index is -3.25. The summed E-state index contributed by atoms with van der Waals surface area (Å²) in [5.41, 5.74) is 1.56.